The van der Waals surface area contributed by atoms with E-state index >= 15 is 0 Å². The van der Waals surface area contributed by atoms with Gasteiger partial charge in [0.25, 0.3) is 0 Å². The molecule has 0 saturated heterocycles. The minimum Gasteiger partial charge on any atom is -0.480 e. The fraction of sp³-hybridized carbons (Fsp3) is 0.562. The maximum Gasteiger partial charge on any atom is 0.329 e. The number of benzene rings is 1. The van der Waals surface area contributed by atoms with Crippen LogP contribution in [-0.4, -0.2) is 41.7 Å². The van der Waals surface area contributed by atoms with Crippen LogP contribution in [0.25, 0.3) is 0 Å². The molecule has 0 radical (unpaired) electrons. The minimum absolute atomic E-state index is 0.346. The third-order valence-electron chi connectivity index (χ3n) is 4.32. The van der Waals surface area contributed by atoms with Gasteiger partial charge in [-0.3, -0.25) is 5.32 Å². The highest BCUT2D eigenvalue weighted by Crippen LogP contribution is 2.33. The Morgan fingerprint density at radius 3 is 2.45 bits per heavy atom. The summed E-state index contributed by atoms with van der Waals surface area (Å²) in [5.74, 6) is -0.775. The van der Waals surface area contributed by atoms with Gasteiger partial charge in [-0.05, 0) is 38.3 Å². The van der Waals surface area contributed by atoms with Crippen LogP contribution in [-0.2, 0) is 10.3 Å². The first-order valence-electron chi connectivity index (χ1n) is 7.39. The highest BCUT2D eigenvalue weighted by Gasteiger charge is 2.46. The summed E-state index contributed by atoms with van der Waals surface area (Å²) >= 11 is 0. The van der Waals surface area contributed by atoms with E-state index in [0.29, 0.717) is 18.6 Å². The summed E-state index contributed by atoms with van der Waals surface area (Å²) in [6.07, 6.45) is 4.53. The average Bonchev–Trinajstić information content (AvgIpc) is 3.31. The molecule has 2 saturated carbocycles. The number of nitrogens with zero attached hydrogens (tertiary/aromatic N) is 1. The number of hydrogen-bond donors (Lipinski definition) is 2. The number of hydrogen-bond acceptors (Lipinski definition) is 3. The number of aliphatic carboxylic acids is 1. The van der Waals surface area contributed by atoms with Crippen molar-refractivity contribution in [3.8, 4) is 0 Å². The average molecular weight is 274 g/mol. The van der Waals surface area contributed by atoms with Crippen molar-refractivity contribution in [1.82, 2.24) is 10.2 Å². The van der Waals surface area contributed by atoms with Gasteiger partial charge in [0, 0.05) is 18.6 Å². The van der Waals surface area contributed by atoms with Gasteiger partial charge in [-0.2, -0.15) is 0 Å². The molecule has 20 heavy (non-hydrogen) atoms. The van der Waals surface area contributed by atoms with E-state index in [-0.39, 0.29) is 0 Å². The molecule has 3 rings (SSSR count). The van der Waals surface area contributed by atoms with Crippen LogP contribution >= 0.6 is 0 Å². The molecule has 1 atom stereocenters. The van der Waals surface area contributed by atoms with Crippen molar-refractivity contribution < 1.29 is 9.90 Å². The third kappa shape index (κ3) is 2.72. The Hall–Kier alpha value is -1.39. The summed E-state index contributed by atoms with van der Waals surface area (Å²) in [6.45, 7) is 0.521. The summed E-state index contributed by atoms with van der Waals surface area (Å²) in [7, 11) is 2.03. The van der Waals surface area contributed by atoms with E-state index in [0.717, 1.165) is 18.4 Å². The van der Waals surface area contributed by atoms with E-state index in [9.17, 15) is 9.90 Å². The third-order valence-corrected chi connectivity index (χ3v) is 4.32. The van der Waals surface area contributed by atoms with Gasteiger partial charge in [0.15, 0.2) is 5.54 Å². The van der Waals surface area contributed by atoms with E-state index in [1.165, 1.54) is 12.8 Å². The van der Waals surface area contributed by atoms with Crippen LogP contribution in [0.1, 0.15) is 31.2 Å². The maximum absolute atomic E-state index is 12.1. The number of rotatable bonds is 7. The lowest BCUT2D eigenvalue weighted by atomic mass is 9.88. The summed E-state index contributed by atoms with van der Waals surface area (Å²) in [4.78, 5) is 14.3. The topological polar surface area (TPSA) is 52.6 Å². The lowest BCUT2D eigenvalue weighted by Gasteiger charge is -2.35. The standard InChI is InChI=1S/C16H22N2O2/c1-18(14-9-10-14)11-16(15(19)20,17-13-7-8-13)12-5-3-2-4-6-12/h2-6,13-14,17H,7-11H2,1H3,(H,19,20). The van der Waals surface area contributed by atoms with E-state index < -0.39 is 11.5 Å². The van der Waals surface area contributed by atoms with E-state index in [1.54, 1.807) is 0 Å². The SMILES string of the molecule is CN(CC(NC1CC1)(C(=O)O)c1ccccc1)C1CC1. The summed E-state index contributed by atoms with van der Waals surface area (Å²) in [6, 6.07) is 10.5. The van der Waals surface area contributed by atoms with Crippen LogP contribution in [0, 0.1) is 0 Å². The predicted molar refractivity (Wildman–Crippen MR) is 77.6 cm³/mol. The predicted octanol–water partition coefficient (Wildman–Crippen LogP) is 1.81. The van der Waals surface area contributed by atoms with Crippen LogP contribution in [0.2, 0.25) is 0 Å². The smallest absolute Gasteiger partial charge is 0.329 e. The second-order valence-corrected chi connectivity index (χ2v) is 6.14. The molecule has 0 amide bonds. The maximum atomic E-state index is 12.1. The van der Waals surface area contributed by atoms with Crippen molar-refractivity contribution in [1.29, 1.82) is 0 Å². The van der Waals surface area contributed by atoms with Crippen LogP contribution in [0.3, 0.4) is 0 Å². The number of nitrogens with one attached hydrogen (secondary N) is 1. The zero-order valence-electron chi connectivity index (χ0n) is 11.9. The Bertz CT molecular complexity index is 483. The van der Waals surface area contributed by atoms with Crippen molar-refractivity contribution in [3.05, 3.63) is 35.9 Å². The Kier molecular flexibility index (Phi) is 3.52. The Balaban J connectivity index is 1.91. The Morgan fingerprint density at radius 2 is 1.95 bits per heavy atom. The van der Waals surface area contributed by atoms with Crippen LogP contribution in [0.15, 0.2) is 30.3 Å². The van der Waals surface area contributed by atoms with Gasteiger partial charge in [-0.25, -0.2) is 4.79 Å². The van der Waals surface area contributed by atoms with Gasteiger partial charge in [0.1, 0.15) is 0 Å². The van der Waals surface area contributed by atoms with Crippen molar-refractivity contribution in [2.45, 2.75) is 43.3 Å². The zero-order valence-corrected chi connectivity index (χ0v) is 11.9. The van der Waals surface area contributed by atoms with Crippen LogP contribution in [0.4, 0.5) is 0 Å². The highest BCUT2D eigenvalue weighted by molar-refractivity contribution is 5.81. The quantitative estimate of drug-likeness (QED) is 0.796. The molecule has 0 bridgehead atoms. The van der Waals surface area contributed by atoms with Crippen LogP contribution < -0.4 is 5.32 Å². The molecule has 2 aliphatic carbocycles. The Labute approximate surface area is 119 Å². The van der Waals surface area contributed by atoms with Gasteiger partial charge in [-0.1, -0.05) is 30.3 Å². The first kappa shape index (κ1) is 13.6. The molecule has 0 heterocycles. The van der Waals surface area contributed by atoms with Crippen molar-refractivity contribution >= 4 is 5.97 Å². The van der Waals surface area contributed by atoms with Crippen LogP contribution in [0.5, 0.6) is 0 Å². The molecule has 0 aliphatic heterocycles. The molecule has 0 aromatic heterocycles. The summed E-state index contributed by atoms with van der Waals surface area (Å²) in [5.41, 5.74) is -0.133. The number of carbonyl (C=O) groups is 1. The first-order valence-corrected chi connectivity index (χ1v) is 7.39. The Morgan fingerprint density at radius 1 is 1.30 bits per heavy atom. The number of carboxylic acid groups (broad SMARTS) is 1. The molecule has 2 fully saturated rings. The van der Waals surface area contributed by atoms with E-state index in [1.807, 2.05) is 37.4 Å². The first-order chi connectivity index (χ1) is 9.62. The van der Waals surface area contributed by atoms with Crippen molar-refractivity contribution in [2.24, 2.45) is 0 Å². The molecular formula is C16H22N2O2. The van der Waals surface area contributed by atoms with Gasteiger partial charge in [0.2, 0.25) is 0 Å². The largest absolute Gasteiger partial charge is 0.480 e. The molecule has 4 nitrogen and oxygen atoms in total. The fourth-order valence-corrected chi connectivity index (χ4v) is 2.79. The summed E-state index contributed by atoms with van der Waals surface area (Å²) < 4.78 is 0. The minimum atomic E-state index is -0.986. The monoisotopic (exact) mass is 274 g/mol. The zero-order chi connectivity index (χ0) is 14.2. The number of carboxylic acids is 1. The van der Waals surface area contributed by atoms with Gasteiger partial charge < -0.3 is 10.0 Å². The lowest BCUT2D eigenvalue weighted by molar-refractivity contribution is -0.146. The molecule has 108 valence electrons. The second-order valence-electron chi connectivity index (χ2n) is 6.14. The molecule has 2 aliphatic rings. The highest BCUT2D eigenvalue weighted by atomic mass is 16.4. The van der Waals surface area contributed by atoms with Crippen molar-refractivity contribution in [2.75, 3.05) is 13.6 Å². The van der Waals surface area contributed by atoms with Gasteiger partial charge >= 0.3 is 5.97 Å². The van der Waals surface area contributed by atoms with E-state index in [2.05, 4.69) is 10.2 Å². The van der Waals surface area contributed by atoms with Gasteiger partial charge in [-0.15, -0.1) is 0 Å². The second kappa shape index (κ2) is 5.19. The molecular weight excluding hydrogens is 252 g/mol. The van der Waals surface area contributed by atoms with Gasteiger partial charge in [0.05, 0.1) is 0 Å². The molecule has 1 unspecified atom stereocenters. The van der Waals surface area contributed by atoms with Crippen molar-refractivity contribution in [3.63, 3.8) is 0 Å². The normalized spacial score (nSPS) is 21.7. The molecule has 0 spiro atoms. The molecule has 4 heteroatoms. The van der Waals surface area contributed by atoms with E-state index in [4.69, 9.17) is 0 Å². The molecule has 1 aromatic carbocycles. The fourth-order valence-electron chi connectivity index (χ4n) is 2.79. The molecule has 1 aromatic rings. The molecule has 2 N–H and O–H groups in total. The lowest BCUT2D eigenvalue weighted by Crippen LogP contribution is -2.57. The summed E-state index contributed by atoms with van der Waals surface area (Å²) in [5, 5.41) is 13.3. The number of likely N-dealkylation sites (N-methyl/N-ethyl adjacent to an activating group) is 1.